The van der Waals surface area contributed by atoms with Gasteiger partial charge in [-0.05, 0) is 139 Å². The van der Waals surface area contributed by atoms with Gasteiger partial charge in [0.2, 0.25) is 0 Å². The summed E-state index contributed by atoms with van der Waals surface area (Å²) in [5.41, 5.74) is 24.4. The Morgan fingerprint density at radius 1 is 0.566 bits per heavy atom. The molecular weight excluding hydrogens is 940 g/mol. The SMILES string of the molecule is CC(C)(C)c1ccc(Nc2cc3sc4ccccc4c3cc2-c2c3c(c4c5cc6c(cc5n5c4c2[B]c2cc4oc(-c7ccccc7)c(-c7ccccc7)c4cc2-5)C(C)(C)CCC6(C)C)-c2ccccc2C3(C)C)cc1. The van der Waals surface area contributed by atoms with Gasteiger partial charge in [0.1, 0.15) is 11.3 Å². The lowest BCUT2D eigenvalue weighted by Gasteiger charge is -2.42. The number of nitrogens with zero attached hydrogens (tertiary/aromatic N) is 1. The fourth-order valence-electron chi connectivity index (χ4n) is 13.9. The Labute approximate surface area is 450 Å². The number of anilines is 2. The monoisotopic (exact) mass is 999 g/mol. The standard InChI is InChI=1S/C71H60BN2OS/c1-68(2,3)42-28-30-43(31-29-42)73-54-39-59-46(44-24-17-19-27-58(44)76-59)34-47(54)63-64-61(45-25-16-18-26-50(45)71(64,8)9)62-48-35-51-52(70(6,7)33-32-69(51,4)5)37-55(48)74-56-36-49-57(38-53(56)72-65(63)66(62)74)75-67(41-22-14-11-15-23-41)60(49)40-20-12-10-13-21-40/h10-31,34-39,73H,32-33H2,1-9H3. The first-order chi connectivity index (χ1) is 36.5. The maximum absolute atomic E-state index is 7.18. The molecule has 1 N–H and O–H groups in total. The van der Waals surface area contributed by atoms with E-state index in [0.717, 1.165) is 63.1 Å². The summed E-state index contributed by atoms with van der Waals surface area (Å²) < 4.78 is 12.4. The number of hydrogen-bond acceptors (Lipinski definition) is 3. The molecule has 3 nitrogen and oxygen atoms in total. The van der Waals surface area contributed by atoms with Gasteiger partial charge in [-0.3, -0.25) is 0 Å². The lowest BCUT2D eigenvalue weighted by molar-refractivity contribution is 0.332. The normalized spacial score (nSPS) is 15.8. The van der Waals surface area contributed by atoms with Crippen LogP contribution in [0.5, 0.6) is 0 Å². The fourth-order valence-corrected chi connectivity index (χ4v) is 15.0. The Bertz CT molecular complexity index is 4440. The predicted octanol–water partition coefficient (Wildman–Crippen LogP) is 18.6. The maximum atomic E-state index is 7.18. The van der Waals surface area contributed by atoms with E-state index in [-0.39, 0.29) is 21.7 Å². The zero-order valence-electron chi connectivity index (χ0n) is 44.9. The zero-order valence-corrected chi connectivity index (χ0v) is 45.7. The van der Waals surface area contributed by atoms with Crippen molar-refractivity contribution in [2.45, 2.75) is 96.8 Å². The van der Waals surface area contributed by atoms with Crippen molar-refractivity contribution >= 4 is 93.9 Å². The van der Waals surface area contributed by atoms with Crippen LogP contribution in [0.2, 0.25) is 0 Å². The number of furan rings is 1. The quantitative estimate of drug-likeness (QED) is 0.174. The molecule has 0 saturated heterocycles. The van der Waals surface area contributed by atoms with Gasteiger partial charge in [-0.1, -0.05) is 183 Å². The van der Waals surface area contributed by atoms with Crippen LogP contribution in [0.1, 0.15) is 103 Å². The summed E-state index contributed by atoms with van der Waals surface area (Å²) >= 11 is 1.88. The van der Waals surface area contributed by atoms with E-state index in [1.54, 1.807) is 0 Å². The van der Waals surface area contributed by atoms with Gasteiger partial charge in [-0.15, -0.1) is 11.3 Å². The number of nitrogens with one attached hydrogen (secondary N) is 1. The molecule has 0 spiro atoms. The van der Waals surface area contributed by atoms with Crippen LogP contribution in [-0.2, 0) is 21.7 Å². The van der Waals surface area contributed by atoms with Crippen LogP contribution in [0.25, 0.3) is 103 Å². The van der Waals surface area contributed by atoms with Gasteiger partial charge in [-0.2, -0.15) is 0 Å². The summed E-state index contributed by atoms with van der Waals surface area (Å²) in [6.07, 6.45) is 2.29. The van der Waals surface area contributed by atoms with Crippen molar-refractivity contribution in [2.24, 2.45) is 0 Å². The largest absolute Gasteiger partial charge is 0.455 e. The number of aromatic nitrogens is 1. The van der Waals surface area contributed by atoms with E-state index in [1.165, 1.54) is 103 Å². The van der Waals surface area contributed by atoms with E-state index in [2.05, 4.69) is 249 Å². The topological polar surface area (TPSA) is 30.1 Å². The van der Waals surface area contributed by atoms with Gasteiger partial charge in [-0.25, -0.2) is 0 Å². The number of rotatable bonds is 5. The van der Waals surface area contributed by atoms with Crippen molar-refractivity contribution < 1.29 is 4.42 Å². The van der Waals surface area contributed by atoms with Gasteiger partial charge in [0.15, 0.2) is 7.28 Å². The highest BCUT2D eigenvalue weighted by Gasteiger charge is 2.45. The Morgan fingerprint density at radius 2 is 1.24 bits per heavy atom. The molecule has 1 radical (unpaired) electrons. The van der Waals surface area contributed by atoms with Crippen LogP contribution >= 0.6 is 11.3 Å². The molecule has 0 saturated carbocycles. The molecule has 0 atom stereocenters. The summed E-state index contributed by atoms with van der Waals surface area (Å²) in [4.78, 5) is 0. The highest BCUT2D eigenvalue weighted by atomic mass is 32.1. The van der Waals surface area contributed by atoms with Crippen LogP contribution in [0.4, 0.5) is 11.4 Å². The molecule has 3 aliphatic rings. The van der Waals surface area contributed by atoms with Gasteiger partial charge in [0, 0.05) is 81.0 Å². The van der Waals surface area contributed by atoms with Gasteiger partial charge < -0.3 is 14.3 Å². The van der Waals surface area contributed by atoms with E-state index >= 15 is 0 Å². The molecule has 369 valence electrons. The van der Waals surface area contributed by atoms with E-state index in [9.17, 15) is 0 Å². The Hall–Kier alpha value is -7.60. The summed E-state index contributed by atoms with van der Waals surface area (Å²) in [6.45, 7) is 21.7. The Morgan fingerprint density at radius 3 is 1.97 bits per heavy atom. The zero-order chi connectivity index (χ0) is 51.8. The first-order valence-corrected chi connectivity index (χ1v) is 28.1. The number of fused-ring (bicyclic) bond motifs is 14. The van der Waals surface area contributed by atoms with E-state index in [0.29, 0.717) is 0 Å². The molecule has 4 heterocycles. The molecule has 2 aliphatic carbocycles. The van der Waals surface area contributed by atoms with Crippen LogP contribution in [0, 0.1) is 0 Å². The van der Waals surface area contributed by atoms with Gasteiger partial charge in [0.25, 0.3) is 0 Å². The van der Waals surface area contributed by atoms with Crippen molar-refractivity contribution in [2.75, 3.05) is 5.32 Å². The molecule has 76 heavy (non-hydrogen) atoms. The summed E-state index contributed by atoms with van der Waals surface area (Å²) in [6, 6.07) is 63.9. The minimum absolute atomic E-state index is 0.00782. The van der Waals surface area contributed by atoms with Crippen molar-refractivity contribution in [1.82, 2.24) is 4.57 Å². The van der Waals surface area contributed by atoms with Crippen molar-refractivity contribution in [3.63, 3.8) is 0 Å². The minimum atomic E-state index is -0.346. The lowest BCUT2D eigenvalue weighted by atomic mass is 9.57. The summed E-state index contributed by atoms with van der Waals surface area (Å²) in [7, 11) is 2.53. The van der Waals surface area contributed by atoms with Crippen LogP contribution < -0.4 is 16.2 Å². The highest BCUT2D eigenvalue weighted by Crippen LogP contribution is 2.59. The second-order valence-electron chi connectivity index (χ2n) is 25.0. The molecular formula is C71H60BN2OS. The minimum Gasteiger partial charge on any atom is -0.455 e. The van der Waals surface area contributed by atoms with Crippen molar-refractivity contribution in [1.29, 1.82) is 0 Å². The molecule has 12 aromatic rings. The highest BCUT2D eigenvalue weighted by molar-refractivity contribution is 7.25. The second-order valence-corrected chi connectivity index (χ2v) is 26.1. The lowest BCUT2D eigenvalue weighted by Crippen LogP contribution is -2.38. The first kappa shape index (κ1) is 45.8. The molecule has 0 bridgehead atoms. The maximum Gasteiger partial charge on any atom is 0.198 e. The number of thiophene rings is 1. The molecule has 9 aromatic carbocycles. The van der Waals surface area contributed by atoms with E-state index < -0.39 is 0 Å². The Balaban J connectivity index is 1.12. The molecule has 0 amide bonds. The van der Waals surface area contributed by atoms with Gasteiger partial charge in [0.05, 0.1) is 5.52 Å². The molecule has 3 aromatic heterocycles. The van der Waals surface area contributed by atoms with Crippen molar-refractivity contribution in [3.05, 3.63) is 198 Å². The van der Waals surface area contributed by atoms with Crippen LogP contribution in [0.3, 0.4) is 0 Å². The van der Waals surface area contributed by atoms with Crippen molar-refractivity contribution in [3.8, 4) is 50.4 Å². The third kappa shape index (κ3) is 6.48. The summed E-state index contributed by atoms with van der Waals surface area (Å²) in [5, 5.41) is 10.5. The molecule has 15 rings (SSSR count). The number of hydrogen-bond donors (Lipinski definition) is 1. The Kier molecular flexibility index (Phi) is 9.48. The molecule has 5 heteroatoms. The van der Waals surface area contributed by atoms with Crippen LogP contribution in [0.15, 0.2) is 174 Å². The smallest absolute Gasteiger partial charge is 0.198 e. The molecule has 1 aliphatic heterocycles. The predicted molar refractivity (Wildman–Crippen MR) is 326 cm³/mol. The third-order valence-corrected chi connectivity index (χ3v) is 19.1. The van der Waals surface area contributed by atoms with Crippen LogP contribution in [-0.4, -0.2) is 11.8 Å². The average molecular weight is 1000 g/mol. The molecule has 0 fully saturated rings. The second kappa shape index (κ2) is 15.7. The number of benzene rings is 9. The first-order valence-electron chi connectivity index (χ1n) is 27.3. The van der Waals surface area contributed by atoms with E-state index in [4.69, 9.17) is 4.42 Å². The third-order valence-electron chi connectivity index (χ3n) is 18.0. The summed E-state index contributed by atoms with van der Waals surface area (Å²) in [5.74, 6) is 0.891. The van der Waals surface area contributed by atoms with E-state index in [1.807, 2.05) is 11.3 Å². The molecule has 0 unspecified atom stereocenters. The van der Waals surface area contributed by atoms with Gasteiger partial charge >= 0.3 is 0 Å². The average Bonchev–Trinajstić information content (AvgIpc) is 4.34. The fraction of sp³-hybridized carbons (Fsp3) is 0.211.